The first-order valence-electron chi connectivity index (χ1n) is 11.5. The maximum atomic E-state index is 12.2. The first-order valence-corrected chi connectivity index (χ1v) is 11.5. The van der Waals surface area contributed by atoms with Gasteiger partial charge in [-0.2, -0.15) is 0 Å². The number of rotatable bonds is 1. The number of cyclic esters (lactones) is 1. The molecule has 4 nitrogen and oxygen atoms in total. The minimum atomic E-state index is -0.642. The van der Waals surface area contributed by atoms with Gasteiger partial charge in [0, 0.05) is 16.9 Å². The van der Waals surface area contributed by atoms with Gasteiger partial charge in [0.1, 0.15) is 0 Å². The van der Waals surface area contributed by atoms with Crippen molar-refractivity contribution in [3.05, 3.63) is 12.2 Å². The molecule has 4 aliphatic carbocycles. The third kappa shape index (κ3) is 2.28. The van der Waals surface area contributed by atoms with Gasteiger partial charge in [-0.15, -0.1) is 0 Å². The number of ether oxygens (including phenoxy) is 1. The number of fused-ring (bicyclic) bond motifs is 5. The Morgan fingerprint density at radius 2 is 1.75 bits per heavy atom. The van der Waals surface area contributed by atoms with Crippen LogP contribution in [0.4, 0.5) is 0 Å². The molecule has 1 heterocycles. The molecule has 9 atom stereocenters. The monoisotopic (exact) mass is 388 g/mol. The van der Waals surface area contributed by atoms with Crippen LogP contribution in [0.3, 0.4) is 0 Å². The van der Waals surface area contributed by atoms with Gasteiger partial charge in [-0.1, -0.05) is 20.4 Å². The first kappa shape index (κ1) is 19.1. The van der Waals surface area contributed by atoms with Gasteiger partial charge < -0.3 is 14.9 Å². The fourth-order valence-electron chi connectivity index (χ4n) is 8.76. The molecule has 5 rings (SSSR count). The van der Waals surface area contributed by atoms with Crippen LogP contribution in [0.5, 0.6) is 0 Å². The van der Waals surface area contributed by atoms with Crippen LogP contribution in [0.1, 0.15) is 71.6 Å². The Hall–Kier alpha value is -0.870. The van der Waals surface area contributed by atoms with Crippen molar-refractivity contribution in [2.45, 2.75) is 83.3 Å². The molecule has 0 spiro atoms. The van der Waals surface area contributed by atoms with Crippen LogP contribution in [0.2, 0.25) is 0 Å². The molecular formula is C24H36O4. The summed E-state index contributed by atoms with van der Waals surface area (Å²) in [5.41, 5.74) is 0.0753. The Balaban J connectivity index is 1.46. The molecule has 4 saturated carbocycles. The van der Waals surface area contributed by atoms with Crippen molar-refractivity contribution in [3.63, 3.8) is 0 Å². The zero-order valence-electron chi connectivity index (χ0n) is 17.5. The highest BCUT2D eigenvalue weighted by molar-refractivity contribution is 5.90. The quantitative estimate of drug-likeness (QED) is 0.529. The Morgan fingerprint density at radius 1 is 1.00 bits per heavy atom. The molecule has 4 heteroatoms. The lowest BCUT2D eigenvalue weighted by molar-refractivity contribution is -0.212. The summed E-state index contributed by atoms with van der Waals surface area (Å²) in [5, 5.41) is 22.4. The van der Waals surface area contributed by atoms with E-state index in [9.17, 15) is 15.0 Å². The van der Waals surface area contributed by atoms with E-state index in [1.54, 1.807) is 0 Å². The van der Waals surface area contributed by atoms with Crippen molar-refractivity contribution in [1.82, 2.24) is 0 Å². The topological polar surface area (TPSA) is 66.8 Å². The average Bonchev–Trinajstić information content (AvgIpc) is 3.12. The van der Waals surface area contributed by atoms with Gasteiger partial charge in [-0.3, -0.25) is 0 Å². The molecule has 1 aliphatic heterocycles. The lowest BCUT2D eigenvalue weighted by atomic mass is 9.43. The number of carbonyl (C=O) groups excluding carboxylic acids is 1. The van der Waals surface area contributed by atoms with Crippen molar-refractivity contribution >= 4 is 5.97 Å². The Kier molecular flexibility index (Phi) is 4.15. The Labute approximate surface area is 168 Å². The fraction of sp³-hybridized carbons (Fsp3) is 0.875. The van der Waals surface area contributed by atoms with Crippen LogP contribution in [0.15, 0.2) is 12.2 Å². The van der Waals surface area contributed by atoms with E-state index in [1.807, 2.05) is 0 Å². The minimum absolute atomic E-state index is 0.0693. The van der Waals surface area contributed by atoms with Crippen molar-refractivity contribution in [2.24, 2.45) is 40.4 Å². The molecule has 0 aromatic carbocycles. The molecule has 5 fully saturated rings. The standard InChI is InChI=1S/C24H36O4/c1-14-17(13-28-21(14)26)18-8-11-24(27)20-5-4-15-12-16(25)6-9-22(15,2)19(20)7-10-23(18,24)3/h15-20,25,27H,1,4-13H2,2-3H3/t15-,16+,17?,18-,19+,20-,22+,23-,24+/m1/s1. The fourth-order valence-corrected chi connectivity index (χ4v) is 8.76. The van der Waals surface area contributed by atoms with E-state index < -0.39 is 5.60 Å². The molecule has 1 unspecified atom stereocenters. The van der Waals surface area contributed by atoms with E-state index in [4.69, 9.17) is 4.74 Å². The van der Waals surface area contributed by atoms with Crippen molar-refractivity contribution in [1.29, 1.82) is 0 Å². The maximum Gasteiger partial charge on any atom is 0.333 e. The van der Waals surface area contributed by atoms with Crippen LogP contribution >= 0.6 is 0 Å². The van der Waals surface area contributed by atoms with Gasteiger partial charge in [-0.05, 0) is 86.9 Å². The molecule has 156 valence electrons. The molecule has 0 radical (unpaired) electrons. The third-order valence-electron chi connectivity index (χ3n) is 10.5. The normalized spacial score (nSPS) is 56.0. The van der Waals surface area contributed by atoms with E-state index in [2.05, 4.69) is 20.4 Å². The number of carbonyl (C=O) groups is 1. The highest BCUT2D eigenvalue weighted by Crippen LogP contribution is 2.70. The van der Waals surface area contributed by atoms with Crippen LogP contribution in [0, 0.1) is 40.4 Å². The van der Waals surface area contributed by atoms with Gasteiger partial charge in [0.15, 0.2) is 0 Å². The molecule has 0 bridgehead atoms. The van der Waals surface area contributed by atoms with Crippen molar-refractivity contribution < 1.29 is 19.7 Å². The van der Waals surface area contributed by atoms with Gasteiger partial charge in [-0.25, -0.2) is 4.79 Å². The van der Waals surface area contributed by atoms with Gasteiger partial charge in [0.25, 0.3) is 0 Å². The lowest BCUT2D eigenvalue weighted by Crippen LogP contribution is -2.62. The smallest absolute Gasteiger partial charge is 0.333 e. The second kappa shape index (κ2) is 6.07. The summed E-state index contributed by atoms with van der Waals surface area (Å²) in [6.45, 7) is 9.21. The van der Waals surface area contributed by atoms with Crippen molar-refractivity contribution in [2.75, 3.05) is 6.61 Å². The number of hydrogen-bond acceptors (Lipinski definition) is 4. The molecule has 28 heavy (non-hydrogen) atoms. The molecule has 0 aromatic rings. The summed E-state index contributed by atoms with van der Waals surface area (Å²) in [6, 6.07) is 0. The summed E-state index contributed by atoms with van der Waals surface area (Å²) in [6.07, 6.45) is 9.04. The van der Waals surface area contributed by atoms with Gasteiger partial charge in [0.05, 0.1) is 18.3 Å². The minimum Gasteiger partial charge on any atom is -0.462 e. The molecular weight excluding hydrogens is 352 g/mol. The first-order chi connectivity index (χ1) is 13.2. The van der Waals surface area contributed by atoms with Crippen LogP contribution in [0.25, 0.3) is 0 Å². The predicted molar refractivity (Wildman–Crippen MR) is 106 cm³/mol. The summed E-state index contributed by atoms with van der Waals surface area (Å²) in [7, 11) is 0. The Bertz CT molecular complexity index is 703. The van der Waals surface area contributed by atoms with E-state index in [-0.39, 0.29) is 34.7 Å². The molecule has 0 amide bonds. The lowest BCUT2D eigenvalue weighted by Gasteiger charge is -2.63. The Morgan fingerprint density at radius 3 is 2.46 bits per heavy atom. The second-order valence-electron chi connectivity index (χ2n) is 11.2. The van der Waals surface area contributed by atoms with Gasteiger partial charge >= 0.3 is 5.97 Å². The number of esters is 1. The molecule has 1 saturated heterocycles. The van der Waals surface area contributed by atoms with E-state index in [0.717, 1.165) is 57.8 Å². The van der Waals surface area contributed by atoms with Crippen LogP contribution in [-0.2, 0) is 9.53 Å². The summed E-state index contributed by atoms with van der Waals surface area (Å²) >= 11 is 0. The van der Waals surface area contributed by atoms with Crippen LogP contribution < -0.4 is 0 Å². The number of hydrogen-bond donors (Lipinski definition) is 2. The number of aliphatic hydroxyl groups is 2. The average molecular weight is 389 g/mol. The van der Waals surface area contributed by atoms with E-state index in [0.29, 0.717) is 29.9 Å². The largest absolute Gasteiger partial charge is 0.462 e. The van der Waals surface area contributed by atoms with Gasteiger partial charge in [0.2, 0.25) is 0 Å². The summed E-state index contributed by atoms with van der Waals surface area (Å²) in [4.78, 5) is 11.9. The molecule has 2 N–H and O–H groups in total. The summed E-state index contributed by atoms with van der Waals surface area (Å²) < 4.78 is 5.31. The van der Waals surface area contributed by atoms with E-state index >= 15 is 0 Å². The highest BCUT2D eigenvalue weighted by Gasteiger charge is 2.68. The third-order valence-corrected chi connectivity index (χ3v) is 10.5. The zero-order valence-corrected chi connectivity index (χ0v) is 17.5. The molecule has 0 aromatic heterocycles. The zero-order chi connectivity index (χ0) is 19.9. The SMILES string of the molecule is C=C1C(=O)OCC1[C@H]1CC[C@]2(O)[C@@H]3CC[C@@H]4C[C@@H](O)CC[C@]4(C)[C@H]3CC[C@]12C. The van der Waals surface area contributed by atoms with E-state index in [1.165, 1.54) is 0 Å². The number of aliphatic hydroxyl groups excluding tert-OH is 1. The van der Waals surface area contributed by atoms with Crippen molar-refractivity contribution in [3.8, 4) is 0 Å². The second-order valence-corrected chi connectivity index (χ2v) is 11.2. The highest BCUT2D eigenvalue weighted by atomic mass is 16.5. The summed E-state index contributed by atoms with van der Waals surface area (Å²) in [5.74, 6) is 1.62. The molecule has 5 aliphatic rings. The van der Waals surface area contributed by atoms with Crippen LogP contribution in [-0.4, -0.2) is 34.5 Å². The maximum absolute atomic E-state index is 12.2. The predicted octanol–water partition coefficient (Wildman–Crippen LogP) is 3.85.